The van der Waals surface area contributed by atoms with Crippen LogP contribution in [-0.4, -0.2) is 48.5 Å². The summed E-state index contributed by atoms with van der Waals surface area (Å²) in [5, 5.41) is 3.43. The van der Waals surface area contributed by atoms with Gasteiger partial charge in [0.05, 0.1) is 10.7 Å². The van der Waals surface area contributed by atoms with E-state index in [1.54, 1.807) is 26.8 Å². The second-order valence-corrected chi connectivity index (χ2v) is 7.95. The molecule has 0 saturated carbocycles. The standard InChI is InChI=1S/C22H26ClN3O3/c1-16(27)25-11-13-26(14-12-25)20-10-9-17(15-19(20)23)24-21(28)22(2,3)29-18-7-5-4-6-8-18/h4-10,15H,11-14H2,1-3H3,(H,24,28). The van der Waals surface area contributed by atoms with E-state index in [1.165, 1.54) is 0 Å². The fourth-order valence-electron chi connectivity index (χ4n) is 3.21. The van der Waals surface area contributed by atoms with E-state index >= 15 is 0 Å². The largest absolute Gasteiger partial charge is 0.478 e. The number of nitrogens with one attached hydrogen (secondary N) is 1. The summed E-state index contributed by atoms with van der Waals surface area (Å²) in [6, 6.07) is 14.7. The minimum Gasteiger partial charge on any atom is -0.478 e. The van der Waals surface area contributed by atoms with Crippen LogP contribution in [0.3, 0.4) is 0 Å². The van der Waals surface area contributed by atoms with Crippen LogP contribution in [0.15, 0.2) is 48.5 Å². The van der Waals surface area contributed by atoms with Crippen molar-refractivity contribution in [1.29, 1.82) is 0 Å². The fourth-order valence-corrected chi connectivity index (χ4v) is 3.51. The second-order valence-electron chi connectivity index (χ2n) is 7.54. The molecule has 1 aliphatic heterocycles. The lowest BCUT2D eigenvalue weighted by atomic mass is 10.1. The van der Waals surface area contributed by atoms with Gasteiger partial charge in [0.25, 0.3) is 5.91 Å². The second kappa shape index (κ2) is 8.74. The minimum atomic E-state index is -1.05. The molecule has 3 rings (SSSR count). The molecule has 2 aromatic carbocycles. The fraction of sp³-hybridized carbons (Fsp3) is 0.364. The molecule has 1 N–H and O–H groups in total. The molecule has 6 nitrogen and oxygen atoms in total. The van der Waals surface area contributed by atoms with E-state index < -0.39 is 5.60 Å². The van der Waals surface area contributed by atoms with E-state index in [1.807, 2.05) is 47.4 Å². The van der Waals surface area contributed by atoms with Crippen molar-refractivity contribution in [3.63, 3.8) is 0 Å². The molecular formula is C22H26ClN3O3. The zero-order valence-electron chi connectivity index (χ0n) is 16.9. The van der Waals surface area contributed by atoms with Crippen molar-refractivity contribution in [2.45, 2.75) is 26.4 Å². The molecule has 0 spiro atoms. The highest BCUT2D eigenvalue weighted by molar-refractivity contribution is 6.33. The van der Waals surface area contributed by atoms with Crippen molar-refractivity contribution in [2.75, 3.05) is 36.4 Å². The summed E-state index contributed by atoms with van der Waals surface area (Å²) >= 11 is 6.48. The lowest BCUT2D eigenvalue weighted by Crippen LogP contribution is -2.48. The SMILES string of the molecule is CC(=O)N1CCN(c2ccc(NC(=O)C(C)(C)Oc3ccccc3)cc2Cl)CC1. The summed E-state index contributed by atoms with van der Waals surface area (Å²) in [6.45, 7) is 7.83. The third-order valence-electron chi connectivity index (χ3n) is 4.93. The Morgan fingerprint density at radius 3 is 2.28 bits per heavy atom. The molecule has 1 saturated heterocycles. The van der Waals surface area contributed by atoms with Crippen molar-refractivity contribution in [3.05, 3.63) is 53.6 Å². The van der Waals surface area contributed by atoms with Crippen molar-refractivity contribution < 1.29 is 14.3 Å². The van der Waals surface area contributed by atoms with Crippen LogP contribution in [0.2, 0.25) is 5.02 Å². The van der Waals surface area contributed by atoms with Gasteiger partial charge in [-0.1, -0.05) is 29.8 Å². The van der Waals surface area contributed by atoms with Gasteiger partial charge in [0.1, 0.15) is 5.75 Å². The van der Waals surface area contributed by atoms with Gasteiger partial charge >= 0.3 is 0 Å². The van der Waals surface area contributed by atoms with Crippen LogP contribution < -0.4 is 15.0 Å². The number of carbonyl (C=O) groups excluding carboxylic acids is 2. The molecule has 0 atom stereocenters. The maximum Gasteiger partial charge on any atom is 0.267 e. The van der Waals surface area contributed by atoms with Crippen molar-refractivity contribution in [1.82, 2.24) is 4.90 Å². The first-order valence-electron chi connectivity index (χ1n) is 9.62. The average molecular weight is 416 g/mol. The number of hydrogen-bond acceptors (Lipinski definition) is 4. The Bertz CT molecular complexity index is 878. The molecule has 2 amide bonds. The van der Waals surface area contributed by atoms with Gasteiger partial charge in [-0.3, -0.25) is 9.59 Å². The molecule has 0 bridgehead atoms. The zero-order valence-corrected chi connectivity index (χ0v) is 17.7. The van der Waals surface area contributed by atoms with Crippen LogP contribution >= 0.6 is 11.6 Å². The van der Waals surface area contributed by atoms with E-state index in [2.05, 4.69) is 10.2 Å². The van der Waals surface area contributed by atoms with Gasteiger partial charge in [-0.05, 0) is 44.2 Å². The highest BCUT2D eigenvalue weighted by Crippen LogP contribution is 2.30. The Labute approximate surface area is 176 Å². The number of carbonyl (C=O) groups is 2. The van der Waals surface area contributed by atoms with Crippen LogP contribution in [0.4, 0.5) is 11.4 Å². The van der Waals surface area contributed by atoms with Crippen molar-refractivity contribution >= 4 is 34.8 Å². The maximum atomic E-state index is 12.7. The molecular weight excluding hydrogens is 390 g/mol. The van der Waals surface area contributed by atoms with Crippen LogP contribution in [0.5, 0.6) is 5.75 Å². The average Bonchev–Trinajstić information content (AvgIpc) is 2.68. The lowest BCUT2D eigenvalue weighted by molar-refractivity contribution is -0.129. The van der Waals surface area contributed by atoms with Gasteiger partial charge in [0.2, 0.25) is 5.91 Å². The molecule has 29 heavy (non-hydrogen) atoms. The number of benzene rings is 2. The topological polar surface area (TPSA) is 61.9 Å². The van der Waals surface area contributed by atoms with Gasteiger partial charge < -0.3 is 19.9 Å². The van der Waals surface area contributed by atoms with Crippen molar-refractivity contribution in [2.24, 2.45) is 0 Å². The number of rotatable bonds is 5. The predicted octanol–water partition coefficient (Wildman–Crippen LogP) is 3.80. The highest BCUT2D eigenvalue weighted by atomic mass is 35.5. The molecule has 0 radical (unpaired) electrons. The molecule has 7 heteroatoms. The summed E-state index contributed by atoms with van der Waals surface area (Å²) in [5.41, 5.74) is 0.457. The molecule has 0 aromatic heterocycles. The number of halogens is 1. The smallest absolute Gasteiger partial charge is 0.267 e. The van der Waals surface area contributed by atoms with Gasteiger partial charge in [-0.15, -0.1) is 0 Å². The quantitative estimate of drug-likeness (QED) is 0.806. The van der Waals surface area contributed by atoms with Gasteiger partial charge in [-0.2, -0.15) is 0 Å². The lowest BCUT2D eigenvalue weighted by Gasteiger charge is -2.36. The Morgan fingerprint density at radius 1 is 1.03 bits per heavy atom. The third kappa shape index (κ3) is 5.21. The van der Waals surface area contributed by atoms with Gasteiger partial charge in [-0.25, -0.2) is 0 Å². The van der Waals surface area contributed by atoms with E-state index in [4.69, 9.17) is 16.3 Å². The van der Waals surface area contributed by atoms with Crippen molar-refractivity contribution in [3.8, 4) is 5.75 Å². The summed E-state index contributed by atoms with van der Waals surface area (Å²) in [5.74, 6) is 0.458. The first kappa shape index (κ1) is 21.0. The Balaban J connectivity index is 1.64. The third-order valence-corrected chi connectivity index (χ3v) is 5.24. The van der Waals surface area contributed by atoms with E-state index in [-0.39, 0.29) is 11.8 Å². The Kier molecular flexibility index (Phi) is 6.33. The van der Waals surface area contributed by atoms with Crippen LogP contribution in [0.1, 0.15) is 20.8 Å². The molecule has 1 aliphatic rings. The van der Waals surface area contributed by atoms with E-state index in [0.29, 0.717) is 29.5 Å². The van der Waals surface area contributed by atoms with E-state index in [0.717, 1.165) is 18.8 Å². The Morgan fingerprint density at radius 2 is 1.69 bits per heavy atom. The maximum absolute atomic E-state index is 12.7. The van der Waals surface area contributed by atoms with Gasteiger partial charge in [0.15, 0.2) is 5.60 Å². The molecule has 0 aliphatic carbocycles. The van der Waals surface area contributed by atoms with Crippen LogP contribution in [-0.2, 0) is 9.59 Å². The molecule has 0 unspecified atom stereocenters. The number of nitrogens with zero attached hydrogens (tertiary/aromatic N) is 2. The molecule has 1 fully saturated rings. The number of para-hydroxylation sites is 1. The highest BCUT2D eigenvalue weighted by Gasteiger charge is 2.30. The normalized spacial score (nSPS) is 14.5. The number of amides is 2. The summed E-state index contributed by atoms with van der Waals surface area (Å²) in [4.78, 5) is 28.2. The summed E-state index contributed by atoms with van der Waals surface area (Å²) < 4.78 is 5.83. The monoisotopic (exact) mass is 415 g/mol. The number of hydrogen-bond donors (Lipinski definition) is 1. The predicted molar refractivity (Wildman–Crippen MR) is 116 cm³/mol. The molecule has 1 heterocycles. The van der Waals surface area contributed by atoms with Crippen LogP contribution in [0, 0.1) is 0 Å². The number of anilines is 2. The number of piperazine rings is 1. The van der Waals surface area contributed by atoms with Crippen LogP contribution in [0.25, 0.3) is 0 Å². The first-order chi connectivity index (χ1) is 13.8. The molecule has 154 valence electrons. The summed E-state index contributed by atoms with van der Waals surface area (Å²) in [6.07, 6.45) is 0. The minimum absolute atomic E-state index is 0.0918. The van der Waals surface area contributed by atoms with Gasteiger partial charge in [0, 0.05) is 38.8 Å². The molecule has 2 aromatic rings. The number of ether oxygens (including phenoxy) is 1. The zero-order chi connectivity index (χ0) is 21.0. The first-order valence-corrected chi connectivity index (χ1v) is 9.99. The summed E-state index contributed by atoms with van der Waals surface area (Å²) in [7, 11) is 0. The Hall–Kier alpha value is -2.73. The van der Waals surface area contributed by atoms with E-state index in [9.17, 15) is 9.59 Å².